The van der Waals surface area contributed by atoms with Gasteiger partial charge in [0.2, 0.25) is 5.82 Å². The van der Waals surface area contributed by atoms with Gasteiger partial charge < -0.3 is 15.5 Å². The van der Waals surface area contributed by atoms with Crippen molar-refractivity contribution in [3.8, 4) is 5.75 Å². The third-order valence-electron chi connectivity index (χ3n) is 3.41. The van der Waals surface area contributed by atoms with E-state index in [0.717, 1.165) is 0 Å². The van der Waals surface area contributed by atoms with Crippen LogP contribution in [0.1, 0.15) is 36.0 Å². The summed E-state index contributed by atoms with van der Waals surface area (Å²) in [4.78, 5) is 11.8. The summed E-state index contributed by atoms with van der Waals surface area (Å²) < 4.78 is 39.6. The molecule has 2 rings (SSSR count). The first-order valence-corrected chi connectivity index (χ1v) is 6.25. The topological polar surface area (TPSA) is 69.6 Å². The fraction of sp³-hybridized carbons (Fsp3) is 0.462. The fourth-order valence-corrected chi connectivity index (χ4v) is 2.24. The van der Waals surface area contributed by atoms with Crippen molar-refractivity contribution in [1.29, 1.82) is 0 Å². The molecular weight excluding hydrogens is 275 g/mol. The average Bonchev–Trinajstić information content (AvgIpc) is 2.43. The number of carbonyl (C=O) groups excluding carboxylic acids is 1. The van der Waals surface area contributed by atoms with Gasteiger partial charge in [-0.05, 0) is 31.7 Å². The van der Waals surface area contributed by atoms with E-state index in [4.69, 9.17) is 5.11 Å². The Hall–Kier alpha value is -1.76. The molecule has 3 N–H and O–H groups in total. The predicted octanol–water partition coefficient (Wildman–Crippen LogP) is 1.84. The second kappa shape index (κ2) is 5.70. The van der Waals surface area contributed by atoms with Gasteiger partial charge in [0.1, 0.15) is 0 Å². The molecule has 1 aromatic rings. The minimum Gasteiger partial charge on any atom is -0.503 e. The van der Waals surface area contributed by atoms with E-state index >= 15 is 0 Å². The van der Waals surface area contributed by atoms with E-state index in [2.05, 4.69) is 5.32 Å². The maximum Gasteiger partial charge on any atom is 0.254 e. The first-order valence-electron chi connectivity index (χ1n) is 6.25. The molecule has 1 aliphatic rings. The van der Waals surface area contributed by atoms with E-state index in [1.54, 1.807) is 0 Å². The van der Waals surface area contributed by atoms with Crippen LogP contribution < -0.4 is 5.32 Å². The van der Waals surface area contributed by atoms with E-state index in [1.165, 1.54) is 0 Å². The van der Waals surface area contributed by atoms with Crippen molar-refractivity contribution in [3.63, 3.8) is 0 Å². The third kappa shape index (κ3) is 2.87. The Morgan fingerprint density at radius 1 is 1.15 bits per heavy atom. The Morgan fingerprint density at radius 2 is 1.75 bits per heavy atom. The maximum atomic E-state index is 13.6. The van der Waals surface area contributed by atoms with Gasteiger partial charge in [-0.2, -0.15) is 4.39 Å². The van der Waals surface area contributed by atoms with Crippen LogP contribution in [0, 0.1) is 17.5 Å². The highest BCUT2D eigenvalue weighted by molar-refractivity contribution is 5.95. The zero-order chi connectivity index (χ0) is 14.9. The van der Waals surface area contributed by atoms with Gasteiger partial charge in [0, 0.05) is 6.04 Å². The lowest BCUT2D eigenvalue weighted by Gasteiger charge is -2.26. The standard InChI is InChI=1S/C13H14F3NO3/c14-9-5-8(10(15)12(19)11(9)16)13(20)17-6-1-3-7(18)4-2-6/h5-7,18-19H,1-4H2,(H,17,20). The average molecular weight is 289 g/mol. The number of aromatic hydroxyl groups is 1. The summed E-state index contributed by atoms with van der Waals surface area (Å²) in [5.41, 5.74) is -0.743. The van der Waals surface area contributed by atoms with Crippen LogP contribution in [0.15, 0.2) is 6.07 Å². The number of carbonyl (C=O) groups is 1. The SMILES string of the molecule is O=C(NC1CCC(O)CC1)c1cc(F)c(F)c(O)c1F. The number of hydrogen-bond donors (Lipinski definition) is 3. The molecule has 0 radical (unpaired) electrons. The smallest absolute Gasteiger partial charge is 0.254 e. The molecule has 0 bridgehead atoms. The van der Waals surface area contributed by atoms with Crippen LogP contribution in [0.5, 0.6) is 5.75 Å². The highest BCUT2D eigenvalue weighted by Crippen LogP contribution is 2.26. The number of benzene rings is 1. The van der Waals surface area contributed by atoms with Gasteiger partial charge in [0.25, 0.3) is 5.91 Å². The molecule has 1 fully saturated rings. The number of halogens is 3. The Labute approximate surface area is 113 Å². The molecule has 0 unspecified atom stereocenters. The summed E-state index contributed by atoms with van der Waals surface area (Å²) in [5.74, 6) is -7.13. The molecule has 0 atom stereocenters. The summed E-state index contributed by atoms with van der Waals surface area (Å²) in [5, 5.41) is 20.9. The zero-order valence-corrected chi connectivity index (χ0v) is 10.5. The Kier molecular flexibility index (Phi) is 4.17. The molecule has 20 heavy (non-hydrogen) atoms. The number of nitrogens with one attached hydrogen (secondary N) is 1. The van der Waals surface area contributed by atoms with Crippen LogP contribution in [0.2, 0.25) is 0 Å². The van der Waals surface area contributed by atoms with E-state index in [1.807, 2.05) is 0 Å². The lowest BCUT2D eigenvalue weighted by atomic mass is 9.93. The lowest BCUT2D eigenvalue weighted by molar-refractivity contribution is 0.0862. The number of aliphatic hydroxyl groups is 1. The highest BCUT2D eigenvalue weighted by Gasteiger charge is 2.26. The first kappa shape index (κ1) is 14.6. The van der Waals surface area contributed by atoms with Gasteiger partial charge in [-0.15, -0.1) is 0 Å². The van der Waals surface area contributed by atoms with Crippen molar-refractivity contribution in [2.24, 2.45) is 0 Å². The van der Waals surface area contributed by atoms with Crippen LogP contribution in [0.25, 0.3) is 0 Å². The largest absolute Gasteiger partial charge is 0.503 e. The second-order valence-corrected chi connectivity index (χ2v) is 4.86. The molecule has 110 valence electrons. The molecule has 0 spiro atoms. The van der Waals surface area contributed by atoms with Gasteiger partial charge in [-0.1, -0.05) is 0 Å². The highest BCUT2D eigenvalue weighted by atomic mass is 19.2. The normalized spacial score (nSPS) is 22.6. The maximum absolute atomic E-state index is 13.6. The van der Waals surface area contributed by atoms with Gasteiger partial charge in [0.15, 0.2) is 17.4 Å². The first-order chi connectivity index (χ1) is 9.40. The Bertz CT molecular complexity index is 528. The van der Waals surface area contributed by atoms with E-state index in [0.29, 0.717) is 31.7 Å². The number of aliphatic hydroxyl groups excluding tert-OH is 1. The monoisotopic (exact) mass is 289 g/mol. The molecule has 7 heteroatoms. The van der Waals surface area contributed by atoms with Crippen molar-refractivity contribution < 1.29 is 28.2 Å². The molecule has 1 amide bonds. The number of hydrogen-bond acceptors (Lipinski definition) is 3. The summed E-state index contributed by atoms with van der Waals surface area (Å²) in [6, 6.07) is 0.151. The van der Waals surface area contributed by atoms with Gasteiger partial charge in [-0.25, -0.2) is 8.78 Å². The quantitative estimate of drug-likeness (QED) is 0.728. The molecule has 4 nitrogen and oxygen atoms in total. The second-order valence-electron chi connectivity index (χ2n) is 4.86. The molecule has 0 aromatic heterocycles. The molecule has 1 aromatic carbocycles. The minimum absolute atomic E-state index is 0.263. The molecule has 0 aliphatic heterocycles. The van der Waals surface area contributed by atoms with E-state index < -0.39 is 40.8 Å². The van der Waals surface area contributed by atoms with Crippen molar-refractivity contribution >= 4 is 5.91 Å². The fourth-order valence-electron chi connectivity index (χ4n) is 2.24. The Balaban J connectivity index is 2.14. The molecule has 1 saturated carbocycles. The molecule has 1 aliphatic carbocycles. The lowest BCUT2D eigenvalue weighted by Crippen LogP contribution is -2.39. The van der Waals surface area contributed by atoms with Crippen LogP contribution in [-0.4, -0.2) is 28.3 Å². The number of phenolic OH excluding ortho intramolecular Hbond substituents is 1. The minimum atomic E-state index is -1.72. The van der Waals surface area contributed by atoms with Crippen LogP contribution in [0.4, 0.5) is 13.2 Å². The van der Waals surface area contributed by atoms with E-state index in [-0.39, 0.29) is 6.04 Å². The summed E-state index contributed by atoms with van der Waals surface area (Å²) in [6.07, 6.45) is 1.65. The molecule has 0 saturated heterocycles. The van der Waals surface area contributed by atoms with Gasteiger partial charge in [-0.3, -0.25) is 4.79 Å². The summed E-state index contributed by atoms with van der Waals surface area (Å²) >= 11 is 0. The Morgan fingerprint density at radius 3 is 2.35 bits per heavy atom. The predicted molar refractivity (Wildman–Crippen MR) is 63.7 cm³/mol. The molecular formula is C13H14F3NO3. The summed E-state index contributed by atoms with van der Waals surface area (Å²) in [6.45, 7) is 0. The van der Waals surface area contributed by atoms with Crippen molar-refractivity contribution in [1.82, 2.24) is 5.32 Å². The van der Waals surface area contributed by atoms with E-state index in [9.17, 15) is 23.1 Å². The van der Waals surface area contributed by atoms with Crippen LogP contribution in [-0.2, 0) is 0 Å². The zero-order valence-electron chi connectivity index (χ0n) is 10.5. The van der Waals surface area contributed by atoms with Crippen molar-refractivity contribution in [2.75, 3.05) is 0 Å². The van der Waals surface area contributed by atoms with Crippen LogP contribution in [0.3, 0.4) is 0 Å². The van der Waals surface area contributed by atoms with Crippen molar-refractivity contribution in [2.45, 2.75) is 37.8 Å². The number of amides is 1. The molecule has 0 heterocycles. The summed E-state index contributed by atoms with van der Waals surface area (Å²) in [7, 11) is 0. The van der Waals surface area contributed by atoms with Crippen molar-refractivity contribution in [3.05, 3.63) is 29.1 Å². The van der Waals surface area contributed by atoms with Gasteiger partial charge >= 0.3 is 0 Å². The van der Waals surface area contributed by atoms with Gasteiger partial charge in [0.05, 0.1) is 11.7 Å². The number of phenols is 1. The number of rotatable bonds is 2. The van der Waals surface area contributed by atoms with Crippen LogP contribution >= 0.6 is 0 Å². The third-order valence-corrected chi connectivity index (χ3v) is 3.41.